The second-order valence-electron chi connectivity index (χ2n) is 8.95. The molecule has 0 bridgehead atoms. The van der Waals surface area contributed by atoms with Crippen LogP contribution in [0, 0.1) is 27.7 Å². The number of carbonyl (C=O) groups is 1. The lowest BCUT2D eigenvalue weighted by atomic mass is 10.1. The maximum Gasteiger partial charge on any atom is 0.270 e. The normalized spacial score (nSPS) is 14.1. The molecule has 10 heteroatoms. The molecule has 3 aromatic rings. The molecule has 192 valence electrons. The first-order valence-electron chi connectivity index (χ1n) is 11.8. The summed E-state index contributed by atoms with van der Waals surface area (Å²) in [5, 5.41) is 3.80. The van der Waals surface area contributed by atoms with Gasteiger partial charge in [0.2, 0.25) is 5.91 Å². The van der Waals surface area contributed by atoms with Crippen LogP contribution in [0.4, 0.5) is 11.4 Å². The maximum absolute atomic E-state index is 13.7. The van der Waals surface area contributed by atoms with Gasteiger partial charge in [-0.05, 0) is 69.2 Å². The minimum absolute atomic E-state index is 0.0224. The van der Waals surface area contributed by atoms with E-state index < -0.39 is 10.0 Å². The molecule has 1 aliphatic heterocycles. The van der Waals surface area contributed by atoms with Crippen molar-refractivity contribution in [2.24, 2.45) is 0 Å². The van der Waals surface area contributed by atoms with Gasteiger partial charge in [-0.25, -0.2) is 8.42 Å². The second-order valence-corrected chi connectivity index (χ2v) is 10.7. The quantitative estimate of drug-likeness (QED) is 0.478. The van der Waals surface area contributed by atoms with E-state index in [9.17, 15) is 13.2 Å². The maximum atomic E-state index is 13.7. The van der Waals surface area contributed by atoms with Crippen molar-refractivity contribution in [3.63, 3.8) is 0 Å². The summed E-state index contributed by atoms with van der Waals surface area (Å²) >= 11 is 0. The Labute approximate surface area is 212 Å². The Morgan fingerprint density at radius 3 is 2.28 bits per heavy atom. The van der Waals surface area contributed by atoms with Gasteiger partial charge in [0.05, 0.1) is 12.8 Å². The Bertz CT molecular complexity index is 1320. The Hall–Kier alpha value is -3.53. The summed E-state index contributed by atoms with van der Waals surface area (Å²) in [5.41, 5.74) is 4.24. The molecule has 2 heterocycles. The van der Waals surface area contributed by atoms with Gasteiger partial charge in [0.1, 0.15) is 18.0 Å². The summed E-state index contributed by atoms with van der Waals surface area (Å²) in [5.74, 6) is 0.504. The molecule has 1 aromatic heterocycles. The molecule has 4 rings (SSSR count). The Kier molecular flexibility index (Phi) is 7.26. The number of methoxy groups -OCH3 is 1. The van der Waals surface area contributed by atoms with Gasteiger partial charge in [-0.1, -0.05) is 17.3 Å². The van der Waals surface area contributed by atoms with Crippen LogP contribution in [0.1, 0.15) is 22.6 Å². The summed E-state index contributed by atoms with van der Waals surface area (Å²) in [4.78, 5) is 17.4. The summed E-state index contributed by atoms with van der Waals surface area (Å²) in [7, 11) is -2.57. The molecule has 36 heavy (non-hydrogen) atoms. The molecule has 0 saturated carbocycles. The first-order valence-corrected chi connectivity index (χ1v) is 13.3. The Morgan fingerprint density at radius 1 is 1.03 bits per heavy atom. The van der Waals surface area contributed by atoms with Gasteiger partial charge in [0.25, 0.3) is 10.0 Å². The monoisotopic (exact) mass is 512 g/mol. The van der Waals surface area contributed by atoms with E-state index in [0.29, 0.717) is 37.6 Å². The first-order chi connectivity index (χ1) is 17.1. The zero-order chi connectivity index (χ0) is 26.0. The number of anilines is 2. The number of hydrogen-bond acceptors (Lipinski definition) is 7. The lowest BCUT2D eigenvalue weighted by Gasteiger charge is -2.38. The van der Waals surface area contributed by atoms with Crippen LogP contribution in [0.25, 0.3) is 0 Å². The van der Waals surface area contributed by atoms with Crippen LogP contribution >= 0.6 is 0 Å². The molecule has 0 spiro atoms. The third-order valence-corrected chi connectivity index (χ3v) is 8.72. The van der Waals surface area contributed by atoms with Gasteiger partial charge >= 0.3 is 0 Å². The van der Waals surface area contributed by atoms with Crippen molar-refractivity contribution in [2.75, 3.05) is 49.0 Å². The van der Waals surface area contributed by atoms with E-state index in [1.54, 1.807) is 43.0 Å². The van der Waals surface area contributed by atoms with Crippen molar-refractivity contribution in [1.29, 1.82) is 0 Å². The van der Waals surface area contributed by atoms with Gasteiger partial charge in [-0.2, -0.15) is 0 Å². The molecular weight excluding hydrogens is 480 g/mol. The van der Waals surface area contributed by atoms with Crippen LogP contribution in [-0.2, 0) is 14.8 Å². The summed E-state index contributed by atoms with van der Waals surface area (Å²) in [6, 6.07) is 12.8. The van der Waals surface area contributed by atoms with Crippen LogP contribution in [0.15, 0.2) is 51.9 Å². The summed E-state index contributed by atoms with van der Waals surface area (Å²) < 4.78 is 38.9. The topological polar surface area (TPSA) is 96.2 Å². The zero-order valence-electron chi connectivity index (χ0n) is 21.3. The number of aryl methyl sites for hydroxylation is 3. The summed E-state index contributed by atoms with van der Waals surface area (Å²) in [6.45, 7) is 9.35. The molecule has 0 unspecified atom stereocenters. The molecule has 0 N–H and O–H groups in total. The predicted octanol–water partition coefficient (Wildman–Crippen LogP) is 3.46. The average Bonchev–Trinajstić information content (AvgIpc) is 3.22. The number of aromatic nitrogens is 1. The Balaban J connectivity index is 1.56. The third kappa shape index (κ3) is 4.90. The van der Waals surface area contributed by atoms with Gasteiger partial charge in [-0.3, -0.25) is 9.10 Å². The molecule has 1 aliphatic rings. The number of sulfonamides is 1. The van der Waals surface area contributed by atoms with E-state index in [4.69, 9.17) is 9.26 Å². The summed E-state index contributed by atoms with van der Waals surface area (Å²) in [6.07, 6.45) is 0. The van der Waals surface area contributed by atoms with Crippen LogP contribution < -0.4 is 13.9 Å². The standard InChI is InChI=1S/C26H32N4O5S/c1-18-7-6-8-24(19(18)2)28-13-15-29(16-14-28)25(31)17-30(22-9-11-23(34-5)12-10-22)36(32,33)26-20(3)27-35-21(26)4/h6-12H,13-17H2,1-5H3. The van der Waals surface area contributed by atoms with Crippen LogP contribution in [0.5, 0.6) is 5.75 Å². The van der Waals surface area contributed by atoms with E-state index in [-0.39, 0.29) is 28.8 Å². The number of benzene rings is 2. The predicted molar refractivity (Wildman–Crippen MR) is 138 cm³/mol. The van der Waals surface area contributed by atoms with E-state index in [0.717, 1.165) is 4.31 Å². The number of ether oxygens (including phenoxy) is 1. The SMILES string of the molecule is COc1ccc(N(CC(=O)N2CCN(c3cccc(C)c3C)CC2)S(=O)(=O)c2c(C)noc2C)cc1. The van der Waals surface area contributed by atoms with Crippen molar-refractivity contribution < 1.29 is 22.5 Å². The molecular formula is C26H32N4O5S. The van der Waals surface area contributed by atoms with Crippen molar-refractivity contribution in [3.05, 3.63) is 65.0 Å². The van der Waals surface area contributed by atoms with E-state index >= 15 is 0 Å². The van der Waals surface area contributed by atoms with Crippen molar-refractivity contribution in [3.8, 4) is 5.75 Å². The van der Waals surface area contributed by atoms with E-state index in [2.05, 4.69) is 36.0 Å². The zero-order valence-corrected chi connectivity index (χ0v) is 22.1. The fourth-order valence-corrected chi connectivity index (χ4v) is 6.23. The second kappa shape index (κ2) is 10.2. The Morgan fingerprint density at radius 2 is 1.69 bits per heavy atom. The van der Waals surface area contributed by atoms with Gasteiger partial charge < -0.3 is 19.1 Å². The minimum atomic E-state index is -4.11. The number of rotatable bonds is 7. The number of nitrogens with zero attached hydrogens (tertiary/aromatic N) is 4. The minimum Gasteiger partial charge on any atom is -0.497 e. The molecule has 0 aliphatic carbocycles. The van der Waals surface area contributed by atoms with Crippen molar-refractivity contribution in [1.82, 2.24) is 10.1 Å². The lowest BCUT2D eigenvalue weighted by Crippen LogP contribution is -2.52. The van der Waals surface area contributed by atoms with Crippen molar-refractivity contribution in [2.45, 2.75) is 32.6 Å². The fourth-order valence-electron chi connectivity index (χ4n) is 4.51. The lowest BCUT2D eigenvalue weighted by molar-refractivity contribution is -0.129. The van der Waals surface area contributed by atoms with Gasteiger partial charge in [0.15, 0.2) is 10.7 Å². The number of amides is 1. The highest BCUT2D eigenvalue weighted by atomic mass is 32.2. The van der Waals surface area contributed by atoms with Crippen molar-refractivity contribution >= 4 is 27.3 Å². The highest BCUT2D eigenvalue weighted by molar-refractivity contribution is 7.93. The first kappa shape index (κ1) is 25.6. The van der Waals surface area contributed by atoms with Crippen LogP contribution in [0.2, 0.25) is 0 Å². The molecule has 0 atom stereocenters. The number of hydrogen-bond donors (Lipinski definition) is 0. The van der Waals surface area contributed by atoms with Gasteiger partial charge in [-0.15, -0.1) is 0 Å². The number of carbonyl (C=O) groups excluding carboxylic acids is 1. The fraction of sp³-hybridized carbons (Fsp3) is 0.385. The smallest absolute Gasteiger partial charge is 0.270 e. The molecule has 1 fully saturated rings. The molecule has 9 nitrogen and oxygen atoms in total. The molecule has 2 aromatic carbocycles. The third-order valence-electron chi connectivity index (χ3n) is 6.70. The highest BCUT2D eigenvalue weighted by Crippen LogP contribution is 2.30. The average molecular weight is 513 g/mol. The largest absolute Gasteiger partial charge is 0.497 e. The van der Waals surface area contributed by atoms with Crippen LogP contribution in [0.3, 0.4) is 0 Å². The van der Waals surface area contributed by atoms with Crippen LogP contribution in [-0.4, -0.2) is 64.2 Å². The van der Waals surface area contributed by atoms with E-state index in [1.807, 2.05) is 6.07 Å². The van der Waals surface area contributed by atoms with Gasteiger partial charge in [0, 0.05) is 31.9 Å². The molecule has 1 amide bonds. The highest BCUT2D eigenvalue weighted by Gasteiger charge is 2.34. The van der Waals surface area contributed by atoms with E-state index in [1.165, 1.54) is 23.9 Å². The molecule has 0 radical (unpaired) electrons. The number of piperazine rings is 1. The molecule has 1 saturated heterocycles.